The van der Waals surface area contributed by atoms with Crippen LogP contribution in [-0.2, 0) is 28.6 Å². The first kappa shape index (κ1) is 18.6. The van der Waals surface area contributed by atoms with Gasteiger partial charge in [-0.2, -0.15) is 16.8 Å². The molecule has 0 radical (unpaired) electrons. The summed E-state index contributed by atoms with van der Waals surface area (Å²) in [5.41, 5.74) is -0.382. The Morgan fingerprint density at radius 1 is 1.14 bits per heavy atom. The molecule has 1 aromatic carbocycles. The van der Waals surface area contributed by atoms with Crippen molar-refractivity contribution >= 4 is 26.2 Å². The molecule has 124 valence electrons. The normalized spacial score (nSPS) is 12.3. The van der Waals surface area contributed by atoms with Gasteiger partial charge in [-0.25, -0.2) is 4.79 Å². The Morgan fingerprint density at radius 3 is 2.27 bits per heavy atom. The number of unbranched alkanes of at least 4 members (excludes halogenated alkanes) is 1. The summed E-state index contributed by atoms with van der Waals surface area (Å²) < 4.78 is 56.9. The SMILES string of the molecule is CCCCOS(=O)(=O)c1cc(C(=O)O)ccc1S(=O)(=O)OC. The third-order valence-electron chi connectivity index (χ3n) is 2.69. The summed E-state index contributed by atoms with van der Waals surface area (Å²) in [5, 5.41) is 8.92. The Morgan fingerprint density at radius 2 is 1.77 bits per heavy atom. The van der Waals surface area contributed by atoms with Gasteiger partial charge in [0, 0.05) is 0 Å². The van der Waals surface area contributed by atoms with Gasteiger partial charge in [0.25, 0.3) is 20.2 Å². The van der Waals surface area contributed by atoms with E-state index in [-0.39, 0.29) is 12.2 Å². The summed E-state index contributed by atoms with van der Waals surface area (Å²) in [4.78, 5) is 9.53. The molecule has 0 saturated heterocycles. The van der Waals surface area contributed by atoms with E-state index in [0.717, 1.165) is 25.3 Å². The van der Waals surface area contributed by atoms with Gasteiger partial charge < -0.3 is 5.11 Å². The molecular weight excluding hydrogens is 336 g/mol. The molecule has 22 heavy (non-hydrogen) atoms. The molecule has 0 fully saturated rings. The number of aromatic carboxylic acids is 1. The van der Waals surface area contributed by atoms with Crippen molar-refractivity contribution in [3.8, 4) is 0 Å². The number of rotatable bonds is 8. The largest absolute Gasteiger partial charge is 0.478 e. The lowest BCUT2D eigenvalue weighted by molar-refractivity contribution is 0.0696. The molecule has 0 unspecified atom stereocenters. The van der Waals surface area contributed by atoms with Gasteiger partial charge in [0.05, 0.1) is 19.3 Å². The topological polar surface area (TPSA) is 124 Å². The molecule has 0 atom stereocenters. The van der Waals surface area contributed by atoms with Gasteiger partial charge in [-0.05, 0) is 24.6 Å². The van der Waals surface area contributed by atoms with E-state index in [1.807, 2.05) is 6.92 Å². The molecular formula is C12H16O8S2. The van der Waals surface area contributed by atoms with E-state index >= 15 is 0 Å². The lowest BCUT2D eigenvalue weighted by atomic mass is 10.2. The van der Waals surface area contributed by atoms with Gasteiger partial charge in [-0.3, -0.25) is 8.37 Å². The Labute approximate surface area is 128 Å². The fourth-order valence-corrected chi connectivity index (χ4v) is 3.89. The van der Waals surface area contributed by atoms with E-state index in [0.29, 0.717) is 12.8 Å². The van der Waals surface area contributed by atoms with Gasteiger partial charge in [0.2, 0.25) is 0 Å². The number of carboxylic acid groups (broad SMARTS) is 1. The predicted molar refractivity (Wildman–Crippen MR) is 75.6 cm³/mol. The monoisotopic (exact) mass is 352 g/mol. The Balaban J connectivity index is 3.47. The zero-order valence-corrected chi connectivity index (χ0v) is 13.6. The van der Waals surface area contributed by atoms with Crippen molar-refractivity contribution in [2.24, 2.45) is 0 Å². The maximum atomic E-state index is 12.1. The van der Waals surface area contributed by atoms with Gasteiger partial charge in [0.1, 0.15) is 9.79 Å². The van der Waals surface area contributed by atoms with E-state index in [4.69, 9.17) is 9.29 Å². The minimum atomic E-state index is -4.43. The van der Waals surface area contributed by atoms with E-state index < -0.39 is 36.0 Å². The fourth-order valence-electron chi connectivity index (χ4n) is 1.51. The fraction of sp³-hybridized carbons (Fsp3) is 0.417. The quantitative estimate of drug-likeness (QED) is 0.547. The molecule has 0 aliphatic heterocycles. The van der Waals surface area contributed by atoms with Crippen LogP contribution < -0.4 is 0 Å². The average molecular weight is 352 g/mol. The van der Waals surface area contributed by atoms with E-state index in [2.05, 4.69) is 4.18 Å². The van der Waals surface area contributed by atoms with Crippen LogP contribution in [0.4, 0.5) is 0 Å². The average Bonchev–Trinajstić information content (AvgIpc) is 2.46. The summed E-state index contributed by atoms with van der Waals surface area (Å²) in [6.45, 7) is 1.68. The first-order chi connectivity index (χ1) is 10.2. The van der Waals surface area contributed by atoms with E-state index in [1.165, 1.54) is 0 Å². The first-order valence-electron chi connectivity index (χ1n) is 6.23. The molecule has 8 nitrogen and oxygen atoms in total. The third kappa shape index (κ3) is 4.26. The van der Waals surface area contributed by atoms with Crippen LogP contribution in [0.15, 0.2) is 28.0 Å². The van der Waals surface area contributed by atoms with Crippen molar-refractivity contribution in [3.63, 3.8) is 0 Å². The van der Waals surface area contributed by atoms with Gasteiger partial charge >= 0.3 is 5.97 Å². The minimum absolute atomic E-state index is 0.136. The van der Waals surface area contributed by atoms with E-state index in [1.54, 1.807) is 0 Å². The molecule has 0 aliphatic carbocycles. The Bertz CT molecular complexity index is 749. The van der Waals surface area contributed by atoms with Crippen LogP contribution in [0.2, 0.25) is 0 Å². The van der Waals surface area contributed by atoms with Crippen molar-refractivity contribution in [1.29, 1.82) is 0 Å². The van der Waals surface area contributed by atoms with Gasteiger partial charge in [-0.15, -0.1) is 0 Å². The zero-order valence-electron chi connectivity index (χ0n) is 12.0. The standard InChI is InChI=1S/C12H16O8S2/c1-3-4-7-20-22(17,18)11-8-9(12(13)14)5-6-10(11)21(15,16)19-2/h5-6,8H,3-4,7H2,1-2H3,(H,13,14). The maximum Gasteiger partial charge on any atom is 0.335 e. The number of benzene rings is 1. The zero-order chi connectivity index (χ0) is 17.0. The van der Waals surface area contributed by atoms with Crippen LogP contribution >= 0.6 is 0 Å². The van der Waals surface area contributed by atoms with Crippen LogP contribution in [0.5, 0.6) is 0 Å². The highest BCUT2D eigenvalue weighted by atomic mass is 32.2. The van der Waals surface area contributed by atoms with Crippen LogP contribution in [0.3, 0.4) is 0 Å². The molecule has 0 saturated carbocycles. The second-order valence-corrected chi connectivity index (χ2v) is 7.48. The van der Waals surface area contributed by atoms with Gasteiger partial charge in [-0.1, -0.05) is 13.3 Å². The highest BCUT2D eigenvalue weighted by Crippen LogP contribution is 2.25. The molecule has 0 bridgehead atoms. The molecule has 0 amide bonds. The van der Waals surface area contributed by atoms with E-state index in [9.17, 15) is 21.6 Å². The molecule has 1 rings (SSSR count). The lowest BCUT2D eigenvalue weighted by Gasteiger charge is -2.11. The summed E-state index contributed by atoms with van der Waals surface area (Å²) >= 11 is 0. The number of hydrogen-bond donors (Lipinski definition) is 1. The molecule has 0 aliphatic rings. The van der Waals surface area contributed by atoms with Crippen molar-refractivity contribution < 1.29 is 35.1 Å². The molecule has 10 heteroatoms. The van der Waals surface area contributed by atoms with Crippen molar-refractivity contribution in [2.75, 3.05) is 13.7 Å². The highest BCUT2D eigenvalue weighted by molar-refractivity contribution is 7.90. The van der Waals surface area contributed by atoms with Crippen molar-refractivity contribution in [1.82, 2.24) is 0 Å². The molecule has 1 N–H and O–H groups in total. The van der Waals surface area contributed by atoms with Crippen LogP contribution in [0, 0.1) is 0 Å². The highest BCUT2D eigenvalue weighted by Gasteiger charge is 2.28. The number of carbonyl (C=O) groups is 1. The molecule has 0 heterocycles. The molecule has 0 aromatic heterocycles. The second-order valence-electron chi connectivity index (χ2n) is 4.22. The summed E-state index contributed by atoms with van der Waals surface area (Å²) in [5.74, 6) is -1.40. The number of carboxylic acids is 1. The predicted octanol–water partition coefficient (Wildman–Crippen LogP) is 1.23. The maximum absolute atomic E-state index is 12.1. The van der Waals surface area contributed by atoms with Crippen LogP contribution in [-0.4, -0.2) is 41.6 Å². The van der Waals surface area contributed by atoms with Crippen molar-refractivity contribution in [2.45, 2.75) is 29.6 Å². The van der Waals surface area contributed by atoms with Crippen LogP contribution in [0.1, 0.15) is 30.1 Å². The Hall–Kier alpha value is -1.49. The lowest BCUT2D eigenvalue weighted by Crippen LogP contribution is -2.15. The van der Waals surface area contributed by atoms with Crippen LogP contribution in [0.25, 0.3) is 0 Å². The Kier molecular flexibility index (Phi) is 6.06. The van der Waals surface area contributed by atoms with Crippen molar-refractivity contribution in [3.05, 3.63) is 23.8 Å². The summed E-state index contributed by atoms with van der Waals surface area (Å²) in [6.07, 6.45) is 1.12. The summed E-state index contributed by atoms with van der Waals surface area (Å²) in [6, 6.07) is 2.56. The smallest absolute Gasteiger partial charge is 0.335 e. The first-order valence-corrected chi connectivity index (χ1v) is 9.04. The minimum Gasteiger partial charge on any atom is -0.478 e. The second kappa shape index (κ2) is 7.18. The summed E-state index contributed by atoms with van der Waals surface area (Å²) in [7, 11) is -7.90. The molecule has 1 aromatic rings. The number of hydrogen-bond acceptors (Lipinski definition) is 7. The van der Waals surface area contributed by atoms with Gasteiger partial charge in [0.15, 0.2) is 0 Å². The molecule has 0 spiro atoms. The third-order valence-corrected chi connectivity index (χ3v) is 5.50.